The zero-order valence-electron chi connectivity index (χ0n) is 10.8. The number of hydrogen-bond donors (Lipinski definition) is 1. The summed E-state index contributed by atoms with van der Waals surface area (Å²) in [7, 11) is 0. The quantitative estimate of drug-likeness (QED) is 0.762. The van der Waals surface area contributed by atoms with Crippen LogP contribution in [0.2, 0.25) is 0 Å². The van der Waals surface area contributed by atoms with Gasteiger partial charge in [-0.15, -0.1) is 0 Å². The maximum absolute atomic E-state index is 5.96. The van der Waals surface area contributed by atoms with Crippen LogP contribution in [0.3, 0.4) is 0 Å². The van der Waals surface area contributed by atoms with E-state index >= 15 is 0 Å². The molecule has 2 nitrogen and oxygen atoms in total. The molecule has 0 amide bonds. The van der Waals surface area contributed by atoms with Gasteiger partial charge >= 0.3 is 0 Å². The molecule has 1 rings (SSSR count). The van der Waals surface area contributed by atoms with Gasteiger partial charge in [-0.1, -0.05) is 40.0 Å². The van der Waals surface area contributed by atoms with Gasteiger partial charge in [-0.2, -0.15) is 0 Å². The summed E-state index contributed by atoms with van der Waals surface area (Å²) >= 11 is 0. The molecule has 0 saturated heterocycles. The molecule has 2 N–H and O–H groups in total. The molecule has 90 valence electrons. The SMILES string of the molecule is CC(N)C(OCCC1CCC1)C(C)(C)C. The maximum Gasteiger partial charge on any atom is 0.0771 e. The summed E-state index contributed by atoms with van der Waals surface area (Å²) in [5.74, 6) is 0.929. The molecule has 2 heteroatoms. The lowest BCUT2D eigenvalue weighted by atomic mass is 9.83. The molecule has 1 aliphatic carbocycles. The summed E-state index contributed by atoms with van der Waals surface area (Å²) in [6.07, 6.45) is 5.63. The fourth-order valence-corrected chi connectivity index (χ4v) is 2.33. The van der Waals surface area contributed by atoms with Crippen molar-refractivity contribution in [2.75, 3.05) is 6.61 Å². The zero-order valence-corrected chi connectivity index (χ0v) is 10.8. The summed E-state index contributed by atoms with van der Waals surface area (Å²) in [6.45, 7) is 9.52. The second-order valence-electron chi connectivity index (χ2n) is 6.10. The van der Waals surface area contributed by atoms with Crippen molar-refractivity contribution in [2.45, 2.75) is 65.5 Å². The van der Waals surface area contributed by atoms with Crippen LogP contribution in [0.1, 0.15) is 53.4 Å². The van der Waals surface area contributed by atoms with Gasteiger partial charge in [-0.25, -0.2) is 0 Å². The second-order valence-corrected chi connectivity index (χ2v) is 6.10. The molecule has 0 aromatic carbocycles. The maximum atomic E-state index is 5.96. The summed E-state index contributed by atoms with van der Waals surface area (Å²) in [6, 6.07) is 0.117. The third-order valence-corrected chi connectivity index (χ3v) is 3.38. The van der Waals surface area contributed by atoms with Gasteiger partial charge < -0.3 is 10.5 Å². The third kappa shape index (κ3) is 4.12. The number of rotatable bonds is 5. The lowest BCUT2D eigenvalue weighted by Crippen LogP contribution is -2.43. The smallest absolute Gasteiger partial charge is 0.0771 e. The Balaban J connectivity index is 2.25. The highest BCUT2D eigenvalue weighted by atomic mass is 16.5. The predicted molar refractivity (Wildman–Crippen MR) is 64.8 cm³/mol. The van der Waals surface area contributed by atoms with Crippen LogP contribution in [0.5, 0.6) is 0 Å². The highest BCUT2D eigenvalue weighted by Gasteiger charge is 2.29. The third-order valence-electron chi connectivity index (χ3n) is 3.38. The van der Waals surface area contributed by atoms with Crippen molar-refractivity contribution < 1.29 is 4.74 Å². The summed E-state index contributed by atoms with van der Waals surface area (Å²) in [4.78, 5) is 0. The van der Waals surface area contributed by atoms with Crippen molar-refractivity contribution in [1.82, 2.24) is 0 Å². The molecule has 0 aromatic rings. The average molecular weight is 213 g/mol. The first-order valence-corrected chi connectivity index (χ1v) is 6.28. The van der Waals surface area contributed by atoms with Crippen LogP contribution in [0, 0.1) is 11.3 Å². The van der Waals surface area contributed by atoms with E-state index in [9.17, 15) is 0 Å². The molecule has 1 fully saturated rings. The van der Waals surface area contributed by atoms with Gasteiger partial charge in [0.05, 0.1) is 6.10 Å². The molecule has 0 aromatic heterocycles. The molecule has 0 aliphatic heterocycles. The Morgan fingerprint density at radius 3 is 2.27 bits per heavy atom. The molecular formula is C13H27NO. The van der Waals surface area contributed by atoms with E-state index in [-0.39, 0.29) is 17.6 Å². The predicted octanol–water partition coefficient (Wildman–Crippen LogP) is 2.96. The topological polar surface area (TPSA) is 35.2 Å². The largest absolute Gasteiger partial charge is 0.376 e. The summed E-state index contributed by atoms with van der Waals surface area (Å²) < 4.78 is 5.95. The van der Waals surface area contributed by atoms with E-state index in [2.05, 4.69) is 20.8 Å². The van der Waals surface area contributed by atoms with Crippen molar-refractivity contribution >= 4 is 0 Å². The van der Waals surface area contributed by atoms with Crippen molar-refractivity contribution in [3.8, 4) is 0 Å². The van der Waals surface area contributed by atoms with E-state index in [0.29, 0.717) is 0 Å². The minimum atomic E-state index is 0.117. The van der Waals surface area contributed by atoms with E-state index in [1.54, 1.807) is 0 Å². The first-order valence-electron chi connectivity index (χ1n) is 6.28. The van der Waals surface area contributed by atoms with Crippen LogP contribution in [-0.2, 0) is 4.74 Å². The van der Waals surface area contributed by atoms with Crippen LogP contribution >= 0.6 is 0 Å². The van der Waals surface area contributed by atoms with Gasteiger partial charge in [0, 0.05) is 12.6 Å². The molecule has 0 bridgehead atoms. The first-order chi connectivity index (χ1) is 6.91. The Bertz CT molecular complexity index is 179. The Morgan fingerprint density at radius 1 is 1.33 bits per heavy atom. The van der Waals surface area contributed by atoms with E-state index in [0.717, 1.165) is 12.5 Å². The lowest BCUT2D eigenvalue weighted by Gasteiger charge is -2.34. The Hall–Kier alpha value is -0.0800. The Labute approximate surface area is 94.6 Å². The van der Waals surface area contributed by atoms with E-state index in [1.807, 2.05) is 6.92 Å². The summed E-state index contributed by atoms with van der Waals surface area (Å²) in [5.41, 5.74) is 6.11. The molecule has 1 aliphatic rings. The Kier molecular flexibility index (Phi) is 4.60. The van der Waals surface area contributed by atoms with Gasteiger partial charge in [-0.3, -0.25) is 0 Å². The fraction of sp³-hybridized carbons (Fsp3) is 1.00. The summed E-state index contributed by atoms with van der Waals surface area (Å²) in [5, 5.41) is 0. The molecular weight excluding hydrogens is 186 g/mol. The van der Waals surface area contributed by atoms with Crippen LogP contribution in [-0.4, -0.2) is 18.8 Å². The van der Waals surface area contributed by atoms with Gasteiger partial charge in [0.15, 0.2) is 0 Å². The van der Waals surface area contributed by atoms with E-state index in [4.69, 9.17) is 10.5 Å². The van der Waals surface area contributed by atoms with E-state index in [1.165, 1.54) is 25.7 Å². The molecule has 0 radical (unpaired) electrons. The molecule has 2 unspecified atom stereocenters. The van der Waals surface area contributed by atoms with Crippen molar-refractivity contribution in [1.29, 1.82) is 0 Å². The van der Waals surface area contributed by atoms with Gasteiger partial charge in [0.2, 0.25) is 0 Å². The van der Waals surface area contributed by atoms with Crippen LogP contribution in [0.4, 0.5) is 0 Å². The molecule has 2 atom stereocenters. The zero-order chi connectivity index (χ0) is 11.5. The highest BCUT2D eigenvalue weighted by Crippen LogP contribution is 2.30. The lowest BCUT2D eigenvalue weighted by molar-refractivity contribution is -0.0375. The number of ether oxygens (including phenoxy) is 1. The van der Waals surface area contributed by atoms with Crippen LogP contribution < -0.4 is 5.73 Å². The number of nitrogens with two attached hydrogens (primary N) is 1. The Morgan fingerprint density at radius 2 is 1.93 bits per heavy atom. The minimum Gasteiger partial charge on any atom is -0.376 e. The van der Waals surface area contributed by atoms with Crippen molar-refractivity contribution in [2.24, 2.45) is 17.1 Å². The standard InChI is InChI=1S/C13H27NO/c1-10(14)12(13(2,3)4)15-9-8-11-6-5-7-11/h10-12H,5-9,14H2,1-4H3. The van der Waals surface area contributed by atoms with Gasteiger partial charge in [0.1, 0.15) is 0 Å². The minimum absolute atomic E-state index is 0.117. The average Bonchev–Trinajstić information content (AvgIpc) is 1.97. The second kappa shape index (κ2) is 5.31. The number of hydrogen-bond acceptors (Lipinski definition) is 2. The normalized spacial score (nSPS) is 22.2. The highest BCUT2D eigenvalue weighted by molar-refractivity contribution is 4.81. The first kappa shape index (κ1) is 13.0. The van der Waals surface area contributed by atoms with Crippen LogP contribution in [0.25, 0.3) is 0 Å². The molecule has 0 spiro atoms. The van der Waals surface area contributed by atoms with Gasteiger partial charge in [0.25, 0.3) is 0 Å². The van der Waals surface area contributed by atoms with Crippen LogP contribution in [0.15, 0.2) is 0 Å². The molecule has 1 saturated carbocycles. The van der Waals surface area contributed by atoms with Crippen molar-refractivity contribution in [3.05, 3.63) is 0 Å². The molecule has 15 heavy (non-hydrogen) atoms. The fourth-order valence-electron chi connectivity index (χ4n) is 2.33. The van der Waals surface area contributed by atoms with Crippen molar-refractivity contribution in [3.63, 3.8) is 0 Å². The van der Waals surface area contributed by atoms with E-state index < -0.39 is 0 Å². The van der Waals surface area contributed by atoms with Gasteiger partial charge in [-0.05, 0) is 24.7 Å². The monoisotopic (exact) mass is 213 g/mol. The molecule has 0 heterocycles.